The van der Waals surface area contributed by atoms with Crippen LogP contribution in [0, 0.1) is 0 Å². The van der Waals surface area contributed by atoms with E-state index in [0.29, 0.717) is 0 Å². The number of carbonyl (C=O) groups excluding carboxylic acids is 1. The molecule has 0 aromatic rings. The summed E-state index contributed by atoms with van der Waals surface area (Å²) in [6.45, 7) is 0. The fraction of sp³-hybridized carbons (Fsp3) is 0.500. The van der Waals surface area contributed by atoms with Crippen molar-refractivity contribution < 1.29 is 34.4 Å². The van der Waals surface area contributed by atoms with Gasteiger partial charge in [0.2, 0.25) is 0 Å². The maximum atomic E-state index is 10.6. The summed E-state index contributed by atoms with van der Waals surface area (Å²) < 4.78 is 3.92. The lowest BCUT2D eigenvalue weighted by molar-refractivity contribution is -0.187. The van der Waals surface area contributed by atoms with Crippen LogP contribution in [0.25, 0.3) is 0 Å². The van der Waals surface area contributed by atoms with Crippen molar-refractivity contribution in [2.45, 2.75) is 19.1 Å². The monoisotopic (exact) mass is 192 g/mol. The van der Waals surface area contributed by atoms with Crippen LogP contribution in [0.15, 0.2) is 0 Å². The zero-order chi connectivity index (χ0) is 10.4. The highest BCUT2D eigenvalue weighted by Crippen LogP contribution is 1.96. The molecule has 0 aromatic carbocycles. The topological polar surface area (TPSA) is 121 Å². The average molecular weight is 192 g/mol. The molecular weight excluding hydrogens is 184 g/mol. The molecule has 0 saturated heterocycles. The third kappa shape index (κ3) is 5.62. The number of rotatable bonds is 5. The van der Waals surface area contributed by atoms with Gasteiger partial charge >= 0.3 is 17.9 Å². The number of carboxylic acids is 2. The number of aliphatic carboxylic acids is 2. The molecule has 1 atom stereocenters. The summed E-state index contributed by atoms with van der Waals surface area (Å²) in [6, 6.07) is 0. The highest BCUT2D eigenvalue weighted by atomic mass is 16.7. The molecule has 1 unspecified atom stereocenters. The van der Waals surface area contributed by atoms with Crippen molar-refractivity contribution in [2.24, 2.45) is 0 Å². The van der Waals surface area contributed by atoms with E-state index < -0.39 is 37.0 Å². The molecule has 3 N–H and O–H groups in total. The molecule has 0 spiro atoms. The van der Waals surface area contributed by atoms with Gasteiger partial charge in [-0.3, -0.25) is 9.59 Å². The second-order valence-electron chi connectivity index (χ2n) is 2.07. The minimum Gasteiger partial charge on any atom is -0.481 e. The number of carbonyl (C=O) groups is 3. The smallest absolute Gasteiger partial charge is 0.373 e. The van der Waals surface area contributed by atoms with E-state index in [0.717, 1.165) is 0 Å². The molecule has 0 aliphatic rings. The first-order valence-corrected chi connectivity index (χ1v) is 3.25. The first-order chi connectivity index (χ1) is 5.93. The molecule has 0 aromatic heterocycles. The van der Waals surface area contributed by atoms with Crippen LogP contribution in [-0.4, -0.2) is 39.5 Å². The highest BCUT2D eigenvalue weighted by molar-refractivity contribution is 5.79. The molecular formula is C6H8O7. The van der Waals surface area contributed by atoms with E-state index in [2.05, 4.69) is 4.74 Å². The van der Waals surface area contributed by atoms with Crippen LogP contribution in [0.5, 0.6) is 0 Å². The third-order valence-corrected chi connectivity index (χ3v) is 0.997. The minimum atomic E-state index is -2.23. The summed E-state index contributed by atoms with van der Waals surface area (Å²) >= 11 is 0. The number of carboxylic acid groups (broad SMARTS) is 2. The molecule has 0 rings (SSSR count). The molecule has 0 amide bonds. The van der Waals surface area contributed by atoms with E-state index in [1.54, 1.807) is 0 Å². The Morgan fingerprint density at radius 2 is 1.69 bits per heavy atom. The van der Waals surface area contributed by atoms with Gasteiger partial charge in [-0.15, -0.1) is 0 Å². The van der Waals surface area contributed by atoms with Crippen LogP contribution in [0.4, 0.5) is 0 Å². The predicted molar refractivity (Wildman–Crippen MR) is 36.6 cm³/mol. The van der Waals surface area contributed by atoms with Gasteiger partial charge in [0, 0.05) is 0 Å². The lowest BCUT2D eigenvalue weighted by Gasteiger charge is -2.05. The van der Waals surface area contributed by atoms with Crippen molar-refractivity contribution in [3.63, 3.8) is 0 Å². The van der Waals surface area contributed by atoms with Gasteiger partial charge in [-0.2, -0.15) is 0 Å². The SMILES string of the molecule is O=C(O)CCC(=O)OC(O)C(=O)O. The Hall–Kier alpha value is -1.63. The maximum Gasteiger partial charge on any atom is 0.373 e. The van der Waals surface area contributed by atoms with Crippen molar-refractivity contribution in [1.82, 2.24) is 0 Å². The number of hydrogen-bond donors (Lipinski definition) is 3. The van der Waals surface area contributed by atoms with Gasteiger partial charge in [-0.1, -0.05) is 0 Å². The molecule has 0 fully saturated rings. The molecule has 74 valence electrons. The summed E-state index contributed by atoms with van der Waals surface area (Å²) in [7, 11) is 0. The van der Waals surface area contributed by atoms with Gasteiger partial charge in [0.15, 0.2) is 0 Å². The molecule has 0 bridgehead atoms. The second-order valence-corrected chi connectivity index (χ2v) is 2.07. The van der Waals surface area contributed by atoms with Crippen molar-refractivity contribution >= 4 is 17.9 Å². The van der Waals surface area contributed by atoms with E-state index in [1.807, 2.05) is 0 Å². The minimum absolute atomic E-state index is 0.467. The zero-order valence-corrected chi connectivity index (χ0v) is 6.47. The number of esters is 1. The molecule has 0 heterocycles. The Morgan fingerprint density at radius 3 is 2.08 bits per heavy atom. The van der Waals surface area contributed by atoms with Crippen molar-refractivity contribution in [1.29, 1.82) is 0 Å². The van der Waals surface area contributed by atoms with Gasteiger partial charge < -0.3 is 20.1 Å². The van der Waals surface area contributed by atoms with Crippen molar-refractivity contribution in [3.05, 3.63) is 0 Å². The summed E-state index contributed by atoms with van der Waals surface area (Å²) in [5, 5.41) is 24.7. The molecule has 0 radical (unpaired) electrons. The average Bonchev–Trinajstić information content (AvgIpc) is 2.00. The van der Waals surface area contributed by atoms with Gasteiger partial charge in [0.05, 0.1) is 12.8 Å². The van der Waals surface area contributed by atoms with Crippen LogP contribution < -0.4 is 0 Å². The van der Waals surface area contributed by atoms with Crippen molar-refractivity contribution in [3.8, 4) is 0 Å². The molecule has 0 aliphatic heterocycles. The Balaban J connectivity index is 3.74. The van der Waals surface area contributed by atoms with Crippen LogP contribution >= 0.6 is 0 Å². The lowest BCUT2D eigenvalue weighted by Crippen LogP contribution is -2.26. The summed E-state index contributed by atoms with van der Waals surface area (Å²) in [5.74, 6) is -3.98. The zero-order valence-electron chi connectivity index (χ0n) is 6.47. The van der Waals surface area contributed by atoms with Gasteiger partial charge in [-0.25, -0.2) is 4.79 Å². The number of aliphatic hydroxyl groups excluding tert-OH is 1. The molecule has 0 saturated carbocycles. The van der Waals surface area contributed by atoms with E-state index in [1.165, 1.54) is 0 Å². The van der Waals surface area contributed by atoms with Crippen LogP contribution in [0.3, 0.4) is 0 Å². The summed E-state index contributed by atoms with van der Waals surface area (Å²) in [5.41, 5.74) is 0. The lowest BCUT2D eigenvalue weighted by atomic mass is 10.3. The Morgan fingerprint density at radius 1 is 1.15 bits per heavy atom. The summed E-state index contributed by atoms with van der Waals surface area (Å²) in [4.78, 5) is 30.4. The molecule has 0 aliphatic carbocycles. The molecule has 13 heavy (non-hydrogen) atoms. The van der Waals surface area contributed by atoms with E-state index >= 15 is 0 Å². The second kappa shape index (κ2) is 5.09. The van der Waals surface area contributed by atoms with Gasteiger partial charge in [-0.05, 0) is 0 Å². The number of hydrogen-bond acceptors (Lipinski definition) is 5. The Kier molecular flexibility index (Phi) is 4.45. The van der Waals surface area contributed by atoms with Crippen LogP contribution in [-0.2, 0) is 19.1 Å². The molecule has 7 nitrogen and oxygen atoms in total. The largest absolute Gasteiger partial charge is 0.481 e. The van der Waals surface area contributed by atoms with Gasteiger partial charge in [0.1, 0.15) is 0 Å². The normalized spacial score (nSPS) is 11.8. The predicted octanol–water partition coefficient (Wildman–Crippen LogP) is -1.20. The van der Waals surface area contributed by atoms with E-state index in [9.17, 15) is 14.4 Å². The first kappa shape index (κ1) is 11.4. The Bertz CT molecular complexity index is 221. The van der Waals surface area contributed by atoms with Crippen LogP contribution in [0.2, 0.25) is 0 Å². The van der Waals surface area contributed by atoms with Gasteiger partial charge in [0.25, 0.3) is 6.29 Å². The quantitative estimate of drug-likeness (QED) is 0.369. The molecule has 7 heteroatoms. The maximum absolute atomic E-state index is 10.6. The highest BCUT2D eigenvalue weighted by Gasteiger charge is 2.18. The number of ether oxygens (including phenoxy) is 1. The van der Waals surface area contributed by atoms with Crippen molar-refractivity contribution in [2.75, 3.05) is 0 Å². The Labute approximate surface area is 72.5 Å². The third-order valence-electron chi connectivity index (χ3n) is 0.997. The fourth-order valence-electron chi connectivity index (χ4n) is 0.443. The fourth-order valence-corrected chi connectivity index (χ4v) is 0.443. The van der Waals surface area contributed by atoms with E-state index in [4.69, 9.17) is 15.3 Å². The first-order valence-electron chi connectivity index (χ1n) is 3.25. The van der Waals surface area contributed by atoms with Crippen LogP contribution in [0.1, 0.15) is 12.8 Å². The number of aliphatic hydroxyl groups is 1. The van der Waals surface area contributed by atoms with E-state index in [-0.39, 0.29) is 0 Å². The summed E-state index contributed by atoms with van der Waals surface area (Å²) in [6.07, 6.45) is -3.17. The standard InChI is InChI=1S/C6H8O7/c7-3(8)1-2-4(9)13-6(12)5(10)11/h6,12H,1-2H2,(H,7,8)(H,10,11).